The maximum Gasteiger partial charge on any atom is 0.275 e. The van der Waals surface area contributed by atoms with E-state index in [-0.39, 0.29) is 36.4 Å². The second-order valence-electron chi connectivity index (χ2n) is 15.5. The van der Waals surface area contributed by atoms with Crippen LogP contribution in [0, 0.1) is 17.2 Å². The van der Waals surface area contributed by atoms with E-state index in [1.54, 1.807) is 42.9 Å². The molecule has 8 rings (SSSR count). The highest BCUT2D eigenvalue weighted by Gasteiger charge is 2.30. The van der Waals surface area contributed by atoms with Crippen LogP contribution in [0.1, 0.15) is 67.7 Å². The fraction of sp³-hybridized carbons (Fsp3) is 0.326. The number of piperidine rings is 2. The summed E-state index contributed by atoms with van der Waals surface area (Å²) in [5, 5.41) is 21.7. The van der Waals surface area contributed by atoms with Crippen LogP contribution in [-0.4, -0.2) is 72.5 Å². The lowest BCUT2D eigenvalue weighted by Gasteiger charge is -2.31. The molecule has 1 unspecified atom stereocenters. The van der Waals surface area contributed by atoms with Crippen LogP contribution >= 0.6 is 0 Å². The smallest absolute Gasteiger partial charge is 0.275 e. The van der Waals surface area contributed by atoms with Gasteiger partial charge in [0.1, 0.15) is 6.04 Å². The molecule has 2 fully saturated rings. The summed E-state index contributed by atoms with van der Waals surface area (Å²) >= 11 is 0. The molecule has 0 bridgehead atoms. The normalized spacial score (nSPS) is 16.1. The van der Waals surface area contributed by atoms with E-state index in [1.807, 2.05) is 48.5 Å². The largest absolute Gasteiger partial charge is 0.490 e. The SMILES string of the molecule is N#Cc1cccc(-c2ccc(=O)n(Cc3cccc(-c4ncc(OCC5CCN(CCCCCc6ccc7c(=O)n(C8CCC(=O)NC8=O)ncc7c6)CC5)cn4)c3)n2)c1. The van der Waals surface area contributed by atoms with Crippen LogP contribution in [0.3, 0.4) is 0 Å². The summed E-state index contributed by atoms with van der Waals surface area (Å²) in [4.78, 5) is 61.3. The lowest BCUT2D eigenvalue weighted by Crippen LogP contribution is -2.45. The maximum absolute atomic E-state index is 13.1. The number of hydrogen-bond donors (Lipinski definition) is 1. The molecule has 0 saturated carbocycles. The van der Waals surface area contributed by atoms with Crippen LogP contribution in [0.5, 0.6) is 5.75 Å². The van der Waals surface area contributed by atoms with Gasteiger partial charge in [-0.2, -0.15) is 15.5 Å². The number of rotatable bonds is 14. The van der Waals surface area contributed by atoms with Crippen LogP contribution in [-0.2, 0) is 22.6 Å². The number of nitriles is 1. The van der Waals surface area contributed by atoms with E-state index in [0.29, 0.717) is 40.7 Å². The fourth-order valence-electron chi connectivity index (χ4n) is 7.92. The first-order chi connectivity index (χ1) is 29.3. The van der Waals surface area contributed by atoms with Crippen molar-refractivity contribution in [1.29, 1.82) is 5.26 Å². The Balaban J connectivity index is 0.751. The first-order valence-electron chi connectivity index (χ1n) is 20.5. The summed E-state index contributed by atoms with van der Waals surface area (Å²) in [6.07, 6.45) is 11.9. The lowest BCUT2D eigenvalue weighted by molar-refractivity contribution is -0.136. The van der Waals surface area contributed by atoms with Crippen molar-refractivity contribution in [1.82, 2.24) is 39.7 Å². The number of ether oxygens (including phenoxy) is 1. The summed E-state index contributed by atoms with van der Waals surface area (Å²) in [5.41, 5.74) is 4.23. The molecule has 5 heterocycles. The third-order valence-corrected chi connectivity index (χ3v) is 11.3. The number of amides is 2. The Labute approximate surface area is 346 Å². The van der Waals surface area contributed by atoms with Gasteiger partial charge < -0.3 is 9.64 Å². The second-order valence-corrected chi connectivity index (χ2v) is 15.5. The highest BCUT2D eigenvalue weighted by atomic mass is 16.5. The molecule has 3 aromatic heterocycles. The summed E-state index contributed by atoms with van der Waals surface area (Å²) < 4.78 is 8.74. The topological polar surface area (TPSA) is 178 Å². The van der Waals surface area contributed by atoms with Gasteiger partial charge in [0.15, 0.2) is 11.6 Å². The van der Waals surface area contributed by atoms with Gasteiger partial charge in [-0.15, -0.1) is 0 Å². The van der Waals surface area contributed by atoms with E-state index in [0.717, 1.165) is 85.8 Å². The molecule has 2 saturated heterocycles. The number of unbranched alkanes of at least 4 members (excludes halogenated alkanes) is 2. The van der Waals surface area contributed by atoms with Gasteiger partial charge >= 0.3 is 0 Å². The number of carbonyl (C=O) groups is 2. The molecule has 6 aromatic rings. The van der Waals surface area contributed by atoms with E-state index < -0.39 is 11.9 Å². The quantitative estimate of drug-likeness (QED) is 0.109. The third-order valence-electron chi connectivity index (χ3n) is 11.3. The van der Waals surface area contributed by atoms with Crippen LogP contribution in [0.2, 0.25) is 0 Å². The third kappa shape index (κ3) is 9.54. The number of benzene rings is 3. The minimum absolute atomic E-state index is 0.190. The number of carbonyl (C=O) groups excluding carboxylic acids is 2. The highest BCUT2D eigenvalue weighted by Crippen LogP contribution is 2.24. The summed E-state index contributed by atoms with van der Waals surface area (Å²) in [6.45, 7) is 4.07. The number of imide groups is 1. The highest BCUT2D eigenvalue weighted by molar-refractivity contribution is 5.99. The van der Waals surface area contributed by atoms with Crippen LogP contribution in [0.4, 0.5) is 0 Å². The number of nitrogens with zero attached hydrogens (tertiary/aromatic N) is 8. The van der Waals surface area contributed by atoms with Crippen molar-refractivity contribution < 1.29 is 14.3 Å². The maximum atomic E-state index is 13.1. The van der Waals surface area contributed by atoms with Crippen LogP contribution in [0.15, 0.2) is 107 Å². The first-order valence-corrected chi connectivity index (χ1v) is 20.5. The lowest BCUT2D eigenvalue weighted by atomic mass is 9.97. The monoisotopic (exact) mass is 803 g/mol. The Morgan fingerprint density at radius 1 is 0.817 bits per heavy atom. The average molecular weight is 804 g/mol. The Morgan fingerprint density at radius 3 is 2.45 bits per heavy atom. The van der Waals surface area contributed by atoms with Gasteiger partial charge in [0.25, 0.3) is 17.0 Å². The molecule has 2 amide bonds. The molecule has 3 aromatic carbocycles. The first kappa shape index (κ1) is 40.0. The fourth-order valence-corrected chi connectivity index (χ4v) is 7.92. The summed E-state index contributed by atoms with van der Waals surface area (Å²) in [5.74, 6) is 0.864. The zero-order valence-corrected chi connectivity index (χ0v) is 33.2. The van der Waals surface area contributed by atoms with Crippen molar-refractivity contribution in [3.63, 3.8) is 0 Å². The molecule has 60 heavy (non-hydrogen) atoms. The predicted octanol–water partition coefficient (Wildman–Crippen LogP) is 5.48. The van der Waals surface area contributed by atoms with Crippen LogP contribution in [0.25, 0.3) is 33.4 Å². The number of aryl methyl sites for hydroxylation is 1. The Bertz CT molecular complexity index is 2680. The summed E-state index contributed by atoms with van der Waals surface area (Å²) in [6, 6.07) is 25.2. The van der Waals surface area contributed by atoms with Crippen molar-refractivity contribution in [2.75, 3.05) is 26.2 Å². The van der Waals surface area contributed by atoms with Crippen molar-refractivity contribution in [2.45, 2.75) is 64.0 Å². The molecular weight excluding hydrogens is 759 g/mol. The van der Waals surface area contributed by atoms with Gasteiger partial charge in [-0.05, 0) is 112 Å². The zero-order chi connectivity index (χ0) is 41.4. The van der Waals surface area contributed by atoms with Crippen LogP contribution < -0.4 is 21.2 Å². The van der Waals surface area contributed by atoms with E-state index >= 15 is 0 Å². The number of likely N-dealkylation sites (tertiary alicyclic amines) is 1. The molecule has 2 aliphatic rings. The predicted molar refractivity (Wildman–Crippen MR) is 225 cm³/mol. The molecule has 0 radical (unpaired) electrons. The second kappa shape index (κ2) is 18.4. The van der Waals surface area contributed by atoms with E-state index in [9.17, 15) is 24.4 Å². The number of nitrogens with one attached hydrogen (secondary N) is 1. The number of fused-ring (bicyclic) bond motifs is 1. The van der Waals surface area contributed by atoms with Gasteiger partial charge in [-0.25, -0.2) is 19.3 Å². The molecule has 1 N–H and O–H groups in total. The summed E-state index contributed by atoms with van der Waals surface area (Å²) in [7, 11) is 0. The minimum Gasteiger partial charge on any atom is -0.490 e. The zero-order valence-electron chi connectivity index (χ0n) is 33.2. The molecule has 14 nitrogen and oxygen atoms in total. The van der Waals surface area contributed by atoms with E-state index in [1.165, 1.54) is 15.4 Å². The Kier molecular flexibility index (Phi) is 12.2. The van der Waals surface area contributed by atoms with Crippen molar-refractivity contribution in [3.05, 3.63) is 135 Å². The number of aromatic nitrogens is 6. The van der Waals surface area contributed by atoms with Gasteiger partial charge in [-0.1, -0.05) is 42.8 Å². The van der Waals surface area contributed by atoms with Crippen molar-refractivity contribution in [3.8, 4) is 34.5 Å². The number of hydrogen-bond acceptors (Lipinski definition) is 11. The molecule has 2 aliphatic heterocycles. The van der Waals surface area contributed by atoms with Crippen molar-refractivity contribution >= 4 is 22.6 Å². The van der Waals surface area contributed by atoms with E-state index in [4.69, 9.17) is 4.74 Å². The molecule has 0 spiro atoms. The van der Waals surface area contributed by atoms with Gasteiger partial charge in [-0.3, -0.25) is 24.5 Å². The molecule has 1 atom stereocenters. The van der Waals surface area contributed by atoms with Gasteiger partial charge in [0.2, 0.25) is 5.91 Å². The van der Waals surface area contributed by atoms with Gasteiger partial charge in [0.05, 0.1) is 54.5 Å². The minimum atomic E-state index is -0.768. The van der Waals surface area contributed by atoms with Gasteiger partial charge in [0, 0.05) is 29.0 Å². The van der Waals surface area contributed by atoms with Crippen molar-refractivity contribution in [2.24, 2.45) is 5.92 Å². The standard InChI is InChI=1S/C46H45N9O5/c47-25-33-7-4-9-35(23-33)40-13-16-43(57)54(52-40)29-34-8-5-10-36(24-34)44-48-27-38(28-49-44)60-30-32-17-20-53(21-18-32)19-3-1-2-6-31-11-12-39-37(22-31)26-50-55(46(39)59)41-14-15-42(56)51-45(41)58/h4-5,7-13,16,22-24,26-28,32,41H,1-3,6,14-15,17-21,29-30H2,(H,51,56,58). The Morgan fingerprint density at radius 2 is 1.63 bits per heavy atom. The van der Waals surface area contributed by atoms with E-state index in [2.05, 4.69) is 36.5 Å². The average Bonchev–Trinajstić information content (AvgIpc) is 3.27. The molecule has 0 aliphatic carbocycles. The molecule has 304 valence electrons. The Hall–Kier alpha value is -6.85. The molecule has 14 heteroatoms. The molecular formula is C46H45N9O5.